The van der Waals surface area contributed by atoms with Gasteiger partial charge in [0.15, 0.2) is 0 Å². The predicted octanol–water partition coefficient (Wildman–Crippen LogP) is 1.74. The van der Waals surface area contributed by atoms with Gasteiger partial charge in [0.2, 0.25) is 0 Å². The van der Waals surface area contributed by atoms with E-state index in [9.17, 15) is 0 Å². The second-order valence-corrected chi connectivity index (χ2v) is 9.37. The molecule has 4 rings (SSSR count). The molecule has 0 aliphatic heterocycles. The van der Waals surface area contributed by atoms with Crippen molar-refractivity contribution in [3.05, 3.63) is 114 Å². The maximum absolute atomic E-state index is 3.30. The molecule has 30 heavy (non-hydrogen) atoms. The molecule has 0 amide bonds. The van der Waals surface area contributed by atoms with E-state index in [0.717, 1.165) is 12.8 Å². The van der Waals surface area contributed by atoms with Gasteiger partial charge in [0.1, 0.15) is 0 Å². The Labute approximate surface area is 226 Å². The Balaban J connectivity index is -0.0000000745. The van der Waals surface area contributed by atoms with Crippen LogP contribution in [0.3, 0.4) is 0 Å². The molecule has 2 aromatic rings. The van der Waals surface area contributed by atoms with Crippen molar-refractivity contribution in [1.29, 1.82) is 0 Å². The summed E-state index contributed by atoms with van der Waals surface area (Å²) in [5.74, 6) is 0. The second kappa shape index (κ2) is 27.0. The number of rotatable bonds is 2. The molecule has 4 heteroatoms. The minimum Gasteiger partial charge on any atom is -1.00 e. The van der Waals surface area contributed by atoms with Gasteiger partial charge in [0, 0.05) is 26.2 Å². The molecule has 0 nitrogen and oxygen atoms in total. The van der Waals surface area contributed by atoms with Crippen LogP contribution in [0.2, 0.25) is 10.5 Å². The maximum Gasteiger partial charge on any atom is 0 e. The Morgan fingerprint density at radius 3 is 1.93 bits per heavy atom. The van der Waals surface area contributed by atoms with Crippen molar-refractivity contribution in [3.8, 4) is 11.1 Å². The Bertz CT molecular complexity index is 614. The normalized spacial score (nSPS) is 9.67. The van der Waals surface area contributed by atoms with Crippen LogP contribution in [0, 0.1) is 41.8 Å². The third-order valence-corrected chi connectivity index (χ3v) is 5.80. The van der Waals surface area contributed by atoms with E-state index >= 15 is 0 Å². The third-order valence-electron chi connectivity index (χ3n) is 3.70. The summed E-state index contributed by atoms with van der Waals surface area (Å²) in [6.07, 6.45) is 11.0. The summed E-state index contributed by atoms with van der Waals surface area (Å²) in [7, 11) is 0. The Morgan fingerprint density at radius 1 is 0.867 bits per heavy atom. The van der Waals surface area contributed by atoms with Crippen LogP contribution in [0.25, 0.3) is 11.1 Å². The van der Waals surface area contributed by atoms with Crippen LogP contribution in [0.5, 0.6) is 0 Å². The molecule has 2 aromatic carbocycles. The van der Waals surface area contributed by atoms with Gasteiger partial charge in [0.05, 0.1) is 0 Å². The third kappa shape index (κ3) is 14.8. The largest absolute Gasteiger partial charge is 1.00 e. The number of hydrogen-bond acceptors (Lipinski definition) is 0. The van der Waals surface area contributed by atoms with E-state index in [1.165, 1.54) is 32.8 Å². The van der Waals surface area contributed by atoms with Gasteiger partial charge in [-0.2, -0.15) is 35.9 Å². The molecule has 0 N–H and O–H groups in total. The monoisotopic (exact) mass is 582 g/mol. The number of benzene rings is 2. The van der Waals surface area contributed by atoms with Gasteiger partial charge in [-0.3, -0.25) is 6.08 Å². The molecule has 0 heterocycles. The zero-order valence-electron chi connectivity index (χ0n) is 19.4. The topological polar surface area (TPSA) is 0 Å². The van der Waals surface area contributed by atoms with Crippen LogP contribution < -0.4 is 24.8 Å². The Hall–Kier alpha value is -0.0740. The van der Waals surface area contributed by atoms with Gasteiger partial charge >= 0.3 is 39.8 Å². The standard InChI is InChI=1S/C13H9.C5H5.C4H10Ge.4CH3.2ClH.Zr/c1-3-7-12-10(5-1)9-11-6-2-4-8-13(11)12;1-2-4-5-3-1;1-3-5-4-2;;;;;;;/h1-5,7-8H,9H2;1-3H,4H2;3-4H2,1-2H3;4*1H3;2*1H;/q2*-1;;4*-1;;;/p-2. The van der Waals surface area contributed by atoms with Gasteiger partial charge < -0.3 is 54.5 Å². The van der Waals surface area contributed by atoms with Crippen molar-refractivity contribution in [3.63, 3.8) is 0 Å². The fraction of sp³-hybridized carbons (Fsp3) is 0.231. The Morgan fingerprint density at radius 2 is 1.47 bits per heavy atom. The van der Waals surface area contributed by atoms with Crippen molar-refractivity contribution in [1.82, 2.24) is 0 Å². The molecule has 2 aliphatic rings. The predicted molar refractivity (Wildman–Crippen MR) is 127 cm³/mol. The molecule has 0 saturated heterocycles. The average molecular weight is 583 g/mol. The molecule has 2 radical (unpaired) electrons. The summed E-state index contributed by atoms with van der Waals surface area (Å²) in [6.45, 7) is 4.53. The van der Waals surface area contributed by atoms with E-state index in [0.29, 0.717) is 15.4 Å². The van der Waals surface area contributed by atoms with E-state index in [4.69, 9.17) is 0 Å². The van der Waals surface area contributed by atoms with E-state index in [1.54, 1.807) is 0 Å². The summed E-state index contributed by atoms with van der Waals surface area (Å²) in [5.41, 5.74) is 5.51. The molecule has 2 aliphatic carbocycles. The first-order chi connectivity index (χ1) is 11.4. The van der Waals surface area contributed by atoms with Crippen LogP contribution in [-0.2, 0) is 32.6 Å². The molecular weight excluding hydrogens is 547 g/mol. The minimum absolute atomic E-state index is 0. The first-order valence-electron chi connectivity index (χ1n) is 8.37. The number of allylic oxidation sites excluding steroid dienone is 4. The quantitative estimate of drug-likeness (QED) is 0.319. The maximum atomic E-state index is 3.30. The van der Waals surface area contributed by atoms with Gasteiger partial charge in [-0.05, 0) is 6.42 Å². The van der Waals surface area contributed by atoms with E-state index < -0.39 is 0 Å². The van der Waals surface area contributed by atoms with E-state index in [1.807, 2.05) is 18.2 Å². The van der Waals surface area contributed by atoms with Crippen LogP contribution in [-0.4, -0.2) is 15.4 Å². The second-order valence-electron chi connectivity index (χ2n) is 5.36. The van der Waals surface area contributed by atoms with Gasteiger partial charge in [-0.1, -0.05) is 35.4 Å². The molecule has 0 unspecified atom stereocenters. The van der Waals surface area contributed by atoms with Crippen molar-refractivity contribution < 1.29 is 51.0 Å². The molecule has 0 fully saturated rings. The van der Waals surface area contributed by atoms with Crippen molar-refractivity contribution in [2.45, 2.75) is 37.2 Å². The smallest absolute Gasteiger partial charge is 0 e. The van der Waals surface area contributed by atoms with Crippen molar-refractivity contribution in [2.75, 3.05) is 0 Å². The van der Waals surface area contributed by atoms with Crippen LogP contribution in [0.4, 0.5) is 0 Å². The molecule has 0 aromatic heterocycles. The van der Waals surface area contributed by atoms with Crippen LogP contribution >= 0.6 is 0 Å². The first-order valence-corrected chi connectivity index (χ1v) is 11.3. The minimum atomic E-state index is 0. The van der Waals surface area contributed by atoms with E-state index in [2.05, 4.69) is 68.5 Å². The van der Waals surface area contributed by atoms with Crippen LogP contribution in [0.15, 0.2) is 60.7 Å². The van der Waals surface area contributed by atoms with Gasteiger partial charge in [0.25, 0.3) is 0 Å². The molecule has 0 spiro atoms. The fourth-order valence-corrected chi connectivity index (χ4v) is 3.64. The Kier molecular flexibility index (Phi) is 39.3. The summed E-state index contributed by atoms with van der Waals surface area (Å²) in [4.78, 5) is 0. The van der Waals surface area contributed by atoms with Gasteiger partial charge in [-0.15, -0.1) is 12.0 Å². The zero-order valence-corrected chi connectivity index (χ0v) is 25.4. The molecular formula is C26H36Cl2GeZr-8. The van der Waals surface area contributed by atoms with Crippen molar-refractivity contribution in [2.24, 2.45) is 0 Å². The summed E-state index contributed by atoms with van der Waals surface area (Å²) < 4.78 is 0. The molecule has 0 bridgehead atoms. The number of hydrogen-bond donors (Lipinski definition) is 0. The molecule has 170 valence electrons. The summed E-state index contributed by atoms with van der Waals surface area (Å²) in [6, 6.07) is 18.1. The molecule has 0 saturated carbocycles. The number of halogens is 2. The first kappa shape index (κ1) is 43.7. The summed E-state index contributed by atoms with van der Waals surface area (Å²) >= 11 is 0.528. The average Bonchev–Trinajstić information content (AvgIpc) is 3.27. The molecule has 0 atom stereocenters. The fourth-order valence-electron chi connectivity index (χ4n) is 2.59. The van der Waals surface area contributed by atoms with E-state index in [-0.39, 0.29) is 80.7 Å². The SMILES string of the molecule is C[CH2][Ge][CH2]C.[C-]1=CC=CC1.[CH3-].[CH3-].[CH3-].[CH3-].[Cl-].[Cl-].[Zr].[c-]1cccc2c1Cc1ccccc1-2. The zero-order chi connectivity index (χ0) is 16.3. The van der Waals surface area contributed by atoms with Crippen LogP contribution in [0.1, 0.15) is 31.4 Å². The van der Waals surface area contributed by atoms with Gasteiger partial charge in [-0.25, -0.2) is 12.2 Å². The van der Waals surface area contributed by atoms with Crippen molar-refractivity contribution >= 4 is 15.4 Å². The summed E-state index contributed by atoms with van der Waals surface area (Å²) in [5, 5.41) is 2.94. The number of fused-ring (bicyclic) bond motifs is 3.